The van der Waals surface area contributed by atoms with Crippen LogP contribution in [0, 0.1) is 0 Å². The van der Waals surface area contributed by atoms with Crippen LogP contribution in [0.25, 0.3) is 0 Å². The van der Waals surface area contributed by atoms with Gasteiger partial charge >= 0.3 is 0 Å². The number of hydrogen-bond donors (Lipinski definition) is 1. The Kier molecular flexibility index (Phi) is 7.20. The van der Waals surface area contributed by atoms with Crippen molar-refractivity contribution in [3.8, 4) is 0 Å². The maximum atomic E-state index is 3.63. The van der Waals surface area contributed by atoms with Crippen molar-refractivity contribution < 1.29 is 0 Å². The van der Waals surface area contributed by atoms with Gasteiger partial charge in [0.2, 0.25) is 0 Å². The lowest BCUT2D eigenvalue weighted by Gasteiger charge is -2.29. The monoisotopic (exact) mass is 255 g/mol. The molecule has 0 aromatic carbocycles. The van der Waals surface area contributed by atoms with E-state index in [9.17, 15) is 0 Å². The minimum Gasteiger partial charge on any atom is -0.313 e. The van der Waals surface area contributed by atoms with E-state index in [1.165, 1.54) is 39.0 Å². The van der Waals surface area contributed by atoms with Gasteiger partial charge in [-0.3, -0.25) is 9.80 Å². The molecule has 18 heavy (non-hydrogen) atoms. The van der Waals surface area contributed by atoms with Crippen molar-refractivity contribution in [3.63, 3.8) is 0 Å². The molecular formula is C15H33N3. The lowest BCUT2D eigenvalue weighted by molar-refractivity contribution is 0.189. The minimum absolute atomic E-state index is 0.647. The van der Waals surface area contributed by atoms with E-state index in [1.807, 2.05) is 0 Å². The maximum Gasteiger partial charge on any atom is 0.0235 e. The molecule has 3 nitrogen and oxygen atoms in total. The standard InChI is InChI=1S/C15H33N3/c1-6-13(4)16-11-14(5)18-10-9-15(12-18)17(7-2)8-3/h13-16H,6-12H2,1-5H3. The Morgan fingerprint density at radius 1 is 1.22 bits per heavy atom. The lowest BCUT2D eigenvalue weighted by atomic mass is 10.2. The second-order valence-corrected chi connectivity index (χ2v) is 5.73. The number of nitrogens with one attached hydrogen (secondary N) is 1. The van der Waals surface area contributed by atoms with E-state index in [1.54, 1.807) is 0 Å². The number of likely N-dealkylation sites (tertiary alicyclic amines) is 1. The van der Waals surface area contributed by atoms with Gasteiger partial charge in [-0.1, -0.05) is 20.8 Å². The molecule has 0 aromatic heterocycles. The Morgan fingerprint density at radius 3 is 2.44 bits per heavy atom. The van der Waals surface area contributed by atoms with Gasteiger partial charge in [0.05, 0.1) is 0 Å². The van der Waals surface area contributed by atoms with Crippen LogP contribution < -0.4 is 5.32 Å². The molecule has 3 atom stereocenters. The summed E-state index contributed by atoms with van der Waals surface area (Å²) >= 11 is 0. The molecule has 3 heteroatoms. The van der Waals surface area contributed by atoms with Crippen LogP contribution in [0.1, 0.15) is 47.5 Å². The second-order valence-electron chi connectivity index (χ2n) is 5.73. The summed E-state index contributed by atoms with van der Waals surface area (Å²) in [6, 6.07) is 2.10. The van der Waals surface area contributed by atoms with Gasteiger partial charge in [0.15, 0.2) is 0 Å². The average molecular weight is 255 g/mol. The first-order valence-electron chi connectivity index (χ1n) is 7.83. The molecule has 1 N–H and O–H groups in total. The van der Waals surface area contributed by atoms with Crippen molar-refractivity contribution in [3.05, 3.63) is 0 Å². The summed E-state index contributed by atoms with van der Waals surface area (Å²) in [5.41, 5.74) is 0. The first-order chi connectivity index (χ1) is 8.62. The van der Waals surface area contributed by atoms with Crippen LogP contribution in [-0.2, 0) is 0 Å². The van der Waals surface area contributed by atoms with E-state index in [-0.39, 0.29) is 0 Å². The fraction of sp³-hybridized carbons (Fsp3) is 1.00. The quantitative estimate of drug-likeness (QED) is 0.717. The van der Waals surface area contributed by atoms with Crippen LogP contribution in [0.4, 0.5) is 0 Å². The van der Waals surface area contributed by atoms with Crippen LogP contribution in [0.3, 0.4) is 0 Å². The summed E-state index contributed by atoms with van der Waals surface area (Å²) in [7, 11) is 0. The first kappa shape index (κ1) is 15.9. The van der Waals surface area contributed by atoms with Crippen molar-refractivity contribution in [2.75, 3.05) is 32.7 Å². The molecule has 0 radical (unpaired) electrons. The Bertz CT molecular complexity index is 216. The minimum atomic E-state index is 0.647. The fourth-order valence-electron chi connectivity index (χ4n) is 2.85. The largest absolute Gasteiger partial charge is 0.313 e. The lowest BCUT2D eigenvalue weighted by Crippen LogP contribution is -2.44. The number of rotatable bonds is 8. The van der Waals surface area contributed by atoms with E-state index in [2.05, 4.69) is 49.7 Å². The van der Waals surface area contributed by atoms with Gasteiger partial charge in [-0.25, -0.2) is 0 Å². The smallest absolute Gasteiger partial charge is 0.0235 e. The molecule has 1 aliphatic heterocycles. The predicted octanol–water partition coefficient (Wildman–Crippen LogP) is 2.18. The highest BCUT2D eigenvalue weighted by molar-refractivity contribution is 4.86. The van der Waals surface area contributed by atoms with Crippen LogP contribution in [-0.4, -0.2) is 60.6 Å². The Hall–Kier alpha value is -0.120. The van der Waals surface area contributed by atoms with Gasteiger partial charge in [0.25, 0.3) is 0 Å². The summed E-state index contributed by atoms with van der Waals surface area (Å²) in [5, 5.41) is 3.63. The zero-order chi connectivity index (χ0) is 13.5. The van der Waals surface area contributed by atoms with E-state index in [0.717, 1.165) is 12.6 Å². The summed E-state index contributed by atoms with van der Waals surface area (Å²) in [4.78, 5) is 5.26. The molecule has 1 aliphatic rings. The Morgan fingerprint density at radius 2 is 1.89 bits per heavy atom. The molecule has 0 saturated carbocycles. The van der Waals surface area contributed by atoms with Crippen molar-refractivity contribution >= 4 is 0 Å². The van der Waals surface area contributed by atoms with E-state index < -0.39 is 0 Å². The average Bonchev–Trinajstić information content (AvgIpc) is 2.86. The number of nitrogens with zero attached hydrogens (tertiary/aromatic N) is 2. The third kappa shape index (κ3) is 4.52. The van der Waals surface area contributed by atoms with Gasteiger partial charge in [0.1, 0.15) is 0 Å². The maximum absolute atomic E-state index is 3.63. The summed E-state index contributed by atoms with van der Waals surface area (Å²) < 4.78 is 0. The molecule has 1 saturated heterocycles. The van der Waals surface area contributed by atoms with E-state index in [0.29, 0.717) is 12.1 Å². The molecule has 1 heterocycles. The van der Waals surface area contributed by atoms with Gasteiger partial charge in [-0.15, -0.1) is 0 Å². The Balaban J connectivity index is 2.32. The molecule has 0 aliphatic carbocycles. The SMILES string of the molecule is CCC(C)NCC(C)N1CCC(N(CC)CC)C1. The molecule has 108 valence electrons. The molecule has 0 spiro atoms. The van der Waals surface area contributed by atoms with Crippen molar-refractivity contribution in [2.45, 2.75) is 65.6 Å². The normalized spacial score (nSPS) is 24.7. The fourth-order valence-corrected chi connectivity index (χ4v) is 2.85. The number of hydrogen-bond acceptors (Lipinski definition) is 3. The molecule has 0 amide bonds. The van der Waals surface area contributed by atoms with E-state index in [4.69, 9.17) is 0 Å². The van der Waals surface area contributed by atoms with Crippen molar-refractivity contribution in [1.29, 1.82) is 0 Å². The van der Waals surface area contributed by atoms with Crippen LogP contribution >= 0.6 is 0 Å². The Labute approximate surface area is 114 Å². The van der Waals surface area contributed by atoms with Crippen LogP contribution in [0.5, 0.6) is 0 Å². The molecular weight excluding hydrogens is 222 g/mol. The van der Waals surface area contributed by atoms with Gasteiger partial charge in [-0.2, -0.15) is 0 Å². The zero-order valence-electron chi connectivity index (χ0n) is 13.1. The molecule has 0 aromatic rings. The summed E-state index contributed by atoms with van der Waals surface area (Å²) in [5.74, 6) is 0. The van der Waals surface area contributed by atoms with E-state index >= 15 is 0 Å². The molecule has 1 rings (SSSR count). The van der Waals surface area contributed by atoms with Gasteiger partial charge < -0.3 is 5.32 Å². The highest BCUT2D eigenvalue weighted by atomic mass is 15.3. The third-order valence-corrected chi connectivity index (χ3v) is 4.52. The summed E-state index contributed by atoms with van der Waals surface area (Å²) in [6.07, 6.45) is 2.56. The topological polar surface area (TPSA) is 18.5 Å². The van der Waals surface area contributed by atoms with Gasteiger partial charge in [0, 0.05) is 37.8 Å². The second kappa shape index (κ2) is 8.13. The van der Waals surface area contributed by atoms with Crippen molar-refractivity contribution in [2.24, 2.45) is 0 Å². The van der Waals surface area contributed by atoms with Crippen LogP contribution in [0.2, 0.25) is 0 Å². The first-order valence-corrected chi connectivity index (χ1v) is 7.83. The zero-order valence-corrected chi connectivity index (χ0v) is 13.1. The summed E-state index contributed by atoms with van der Waals surface area (Å²) in [6.45, 7) is 17.5. The predicted molar refractivity (Wildman–Crippen MR) is 80.1 cm³/mol. The van der Waals surface area contributed by atoms with Crippen molar-refractivity contribution in [1.82, 2.24) is 15.1 Å². The van der Waals surface area contributed by atoms with Crippen LogP contribution in [0.15, 0.2) is 0 Å². The van der Waals surface area contributed by atoms with Gasteiger partial charge in [-0.05, 0) is 39.8 Å². The molecule has 0 bridgehead atoms. The molecule has 1 fully saturated rings. The highest BCUT2D eigenvalue weighted by Gasteiger charge is 2.28. The molecule has 3 unspecified atom stereocenters. The number of likely N-dealkylation sites (N-methyl/N-ethyl adjacent to an activating group) is 1. The third-order valence-electron chi connectivity index (χ3n) is 4.52. The highest BCUT2D eigenvalue weighted by Crippen LogP contribution is 2.17.